The molecular formula is C12H16N2O3S. The van der Waals surface area contributed by atoms with Crippen molar-refractivity contribution in [2.75, 3.05) is 13.7 Å². The molecule has 0 spiro atoms. The fraction of sp³-hybridized carbons (Fsp3) is 0.250. The lowest BCUT2D eigenvalue weighted by molar-refractivity contribution is -0.131. The molecule has 1 aliphatic rings. The average molecular weight is 268 g/mol. The molecule has 0 bridgehead atoms. The zero-order valence-electron chi connectivity index (χ0n) is 9.30. The predicted molar refractivity (Wildman–Crippen MR) is 72.3 cm³/mol. The van der Waals surface area contributed by atoms with Crippen molar-refractivity contribution in [1.82, 2.24) is 9.79 Å². The highest BCUT2D eigenvalue weighted by molar-refractivity contribution is 8.13. The summed E-state index contributed by atoms with van der Waals surface area (Å²) in [5, 5.41) is 0. The van der Waals surface area contributed by atoms with E-state index >= 15 is 0 Å². The highest BCUT2D eigenvalue weighted by Gasteiger charge is 2.31. The molecule has 2 rings (SSSR count). The van der Waals surface area contributed by atoms with Crippen LogP contribution in [-0.4, -0.2) is 35.6 Å². The van der Waals surface area contributed by atoms with Gasteiger partial charge in [-0.25, -0.2) is 5.48 Å². The number of carbonyl (C=O) groups is 2. The number of amides is 2. The van der Waals surface area contributed by atoms with Gasteiger partial charge in [-0.2, -0.15) is 0 Å². The van der Waals surface area contributed by atoms with E-state index in [0.29, 0.717) is 5.56 Å². The third-order valence-corrected chi connectivity index (χ3v) is 4.06. The van der Waals surface area contributed by atoms with Gasteiger partial charge in [-0.15, -0.1) is 0 Å². The van der Waals surface area contributed by atoms with E-state index in [4.69, 9.17) is 0 Å². The molecular weight excluding hydrogens is 252 g/mol. The van der Waals surface area contributed by atoms with Crippen molar-refractivity contribution in [3.05, 3.63) is 29.8 Å². The average Bonchev–Trinajstić information content (AvgIpc) is 2.56. The molecule has 0 radical (unpaired) electrons. The maximum atomic E-state index is 12.0. The second-order valence-electron chi connectivity index (χ2n) is 3.43. The van der Waals surface area contributed by atoms with Crippen LogP contribution in [-0.2, 0) is 9.63 Å². The Kier molecular flexibility index (Phi) is 4.63. The first-order chi connectivity index (χ1) is 8.15. The van der Waals surface area contributed by atoms with Crippen molar-refractivity contribution in [3.63, 3.8) is 0 Å². The molecule has 0 saturated carbocycles. The van der Waals surface area contributed by atoms with E-state index in [-0.39, 0.29) is 25.8 Å². The van der Waals surface area contributed by atoms with Gasteiger partial charge < -0.3 is 0 Å². The maximum absolute atomic E-state index is 12.0. The number of nitrogens with zero attached hydrogens (tertiary/aromatic N) is 1. The molecule has 1 aromatic carbocycles. The molecule has 1 aliphatic heterocycles. The molecule has 98 valence electrons. The monoisotopic (exact) mass is 268 g/mol. The SMILES string of the molecule is C.C=S1c2ccccc2C(=O)N1CC(=O)NOC. The van der Waals surface area contributed by atoms with Crippen molar-refractivity contribution in [1.29, 1.82) is 0 Å². The Morgan fingerprint density at radius 1 is 1.50 bits per heavy atom. The lowest BCUT2D eigenvalue weighted by atomic mass is 10.2. The standard InChI is InChI=1S/C11H12N2O3S.CH4/c1-16-12-10(14)7-13-11(15)8-5-3-4-6-9(8)17(13)2;/h3-6H,2,7H2,1H3,(H,12,14);1H4. The van der Waals surface area contributed by atoms with Crippen molar-refractivity contribution in [3.8, 4) is 0 Å². The Labute approximate surface area is 109 Å². The number of rotatable bonds is 3. The summed E-state index contributed by atoms with van der Waals surface area (Å²) in [5.74, 6) is 3.41. The summed E-state index contributed by atoms with van der Waals surface area (Å²) in [6.45, 7) is -0.0477. The molecule has 0 aromatic heterocycles. The number of hydrogen-bond donors (Lipinski definition) is 1. The molecule has 1 aromatic rings. The van der Waals surface area contributed by atoms with E-state index in [0.717, 1.165) is 4.90 Å². The summed E-state index contributed by atoms with van der Waals surface area (Å²) in [4.78, 5) is 28.8. The van der Waals surface area contributed by atoms with Crippen molar-refractivity contribution >= 4 is 28.4 Å². The van der Waals surface area contributed by atoms with Crippen LogP contribution < -0.4 is 5.48 Å². The molecule has 1 heterocycles. The van der Waals surface area contributed by atoms with Crippen molar-refractivity contribution in [2.24, 2.45) is 0 Å². The minimum Gasteiger partial charge on any atom is -0.277 e. The van der Waals surface area contributed by atoms with Gasteiger partial charge in [0.05, 0.1) is 12.7 Å². The normalized spacial score (nSPS) is 17.1. The number of fused-ring (bicyclic) bond motifs is 1. The van der Waals surface area contributed by atoms with Crippen LogP contribution in [0.1, 0.15) is 17.8 Å². The van der Waals surface area contributed by atoms with Gasteiger partial charge in [-0.3, -0.25) is 18.7 Å². The third-order valence-electron chi connectivity index (χ3n) is 2.37. The van der Waals surface area contributed by atoms with Gasteiger partial charge in [0.25, 0.3) is 11.8 Å². The van der Waals surface area contributed by atoms with E-state index in [1.807, 2.05) is 12.1 Å². The Bertz CT molecular complexity index is 467. The van der Waals surface area contributed by atoms with Gasteiger partial charge in [0.15, 0.2) is 0 Å². The molecule has 0 fully saturated rings. The smallest absolute Gasteiger partial charge is 0.265 e. The van der Waals surface area contributed by atoms with Gasteiger partial charge in [-0.1, -0.05) is 36.1 Å². The lowest BCUT2D eigenvalue weighted by Gasteiger charge is -2.16. The molecule has 1 unspecified atom stereocenters. The molecule has 0 saturated heterocycles. The number of carbonyl (C=O) groups excluding carboxylic acids is 2. The Balaban J connectivity index is 0.00000162. The van der Waals surface area contributed by atoms with Crippen LogP contribution in [0.5, 0.6) is 0 Å². The van der Waals surface area contributed by atoms with Crippen LogP contribution in [0.15, 0.2) is 29.2 Å². The largest absolute Gasteiger partial charge is 0.277 e. The molecule has 2 amide bonds. The maximum Gasteiger partial charge on any atom is 0.265 e. The predicted octanol–water partition coefficient (Wildman–Crippen LogP) is 1.43. The topological polar surface area (TPSA) is 58.6 Å². The van der Waals surface area contributed by atoms with E-state index in [9.17, 15) is 9.59 Å². The van der Waals surface area contributed by atoms with Crippen LogP contribution in [0.25, 0.3) is 0 Å². The first kappa shape index (κ1) is 14.4. The van der Waals surface area contributed by atoms with E-state index < -0.39 is 10.7 Å². The molecule has 6 heteroatoms. The molecule has 1 N–H and O–H groups in total. The summed E-state index contributed by atoms with van der Waals surface area (Å²) < 4.78 is 1.44. The fourth-order valence-electron chi connectivity index (χ4n) is 1.63. The van der Waals surface area contributed by atoms with Crippen LogP contribution in [0.3, 0.4) is 0 Å². The van der Waals surface area contributed by atoms with Crippen molar-refractivity contribution in [2.45, 2.75) is 12.3 Å². The summed E-state index contributed by atoms with van der Waals surface area (Å²) in [6, 6.07) is 7.26. The van der Waals surface area contributed by atoms with Crippen LogP contribution in [0, 0.1) is 0 Å². The third kappa shape index (κ3) is 2.44. The number of hydrogen-bond acceptors (Lipinski definition) is 3. The number of benzene rings is 1. The summed E-state index contributed by atoms with van der Waals surface area (Å²) in [7, 11) is 0.727. The quantitative estimate of drug-likeness (QED) is 0.666. The van der Waals surface area contributed by atoms with Crippen LogP contribution in [0.2, 0.25) is 0 Å². The highest BCUT2D eigenvalue weighted by atomic mass is 32.2. The van der Waals surface area contributed by atoms with Gasteiger partial charge in [-0.05, 0) is 12.1 Å². The highest BCUT2D eigenvalue weighted by Crippen LogP contribution is 2.39. The van der Waals surface area contributed by atoms with Gasteiger partial charge in [0.1, 0.15) is 6.54 Å². The first-order valence-electron chi connectivity index (χ1n) is 4.92. The van der Waals surface area contributed by atoms with Crippen molar-refractivity contribution < 1.29 is 14.4 Å². The zero-order chi connectivity index (χ0) is 12.4. The van der Waals surface area contributed by atoms with E-state index in [1.54, 1.807) is 12.1 Å². The minimum absolute atomic E-state index is 0. The molecule has 0 aliphatic carbocycles. The number of nitrogens with one attached hydrogen (secondary N) is 1. The van der Waals surface area contributed by atoms with Gasteiger partial charge >= 0.3 is 0 Å². The lowest BCUT2D eigenvalue weighted by Crippen LogP contribution is -2.35. The molecule has 18 heavy (non-hydrogen) atoms. The summed E-state index contributed by atoms with van der Waals surface area (Å²) in [5.41, 5.74) is 2.81. The Hall–Kier alpha value is -1.66. The minimum atomic E-state index is -0.622. The Morgan fingerprint density at radius 2 is 2.17 bits per heavy atom. The van der Waals surface area contributed by atoms with E-state index in [1.165, 1.54) is 11.4 Å². The van der Waals surface area contributed by atoms with Crippen LogP contribution in [0.4, 0.5) is 0 Å². The van der Waals surface area contributed by atoms with E-state index in [2.05, 4.69) is 16.2 Å². The second-order valence-corrected chi connectivity index (χ2v) is 5.04. The first-order valence-corrected chi connectivity index (χ1v) is 6.27. The van der Waals surface area contributed by atoms with Gasteiger partial charge in [0.2, 0.25) is 0 Å². The summed E-state index contributed by atoms with van der Waals surface area (Å²) >= 11 is 0. The number of hydroxylamine groups is 1. The summed E-state index contributed by atoms with van der Waals surface area (Å²) in [6.07, 6.45) is 0. The molecule has 5 nitrogen and oxygen atoms in total. The molecule has 1 atom stereocenters. The Morgan fingerprint density at radius 3 is 2.78 bits per heavy atom. The second kappa shape index (κ2) is 5.79. The van der Waals surface area contributed by atoms with Crippen LogP contribution >= 0.6 is 10.7 Å². The fourth-order valence-corrected chi connectivity index (χ4v) is 3.08. The van der Waals surface area contributed by atoms with Gasteiger partial charge in [0, 0.05) is 4.90 Å². The zero-order valence-corrected chi connectivity index (χ0v) is 10.1.